The Labute approximate surface area is 96.2 Å². The molecule has 88 valence electrons. The molecule has 0 nitrogen and oxygen atoms in total. The lowest BCUT2D eigenvalue weighted by atomic mass is 9.74. The quantitative estimate of drug-likeness (QED) is 0.527. The van der Waals surface area contributed by atoms with E-state index < -0.39 is 0 Å². The fraction of sp³-hybridized carbons (Fsp3) is 0.867. The zero-order chi connectivity index (χ0) is 11.1. The third-order valence-electron chi connectivity index (χ3n) is 4.26. The lowest BCUT2D eigenvalue weighted by molar-refractivity contribution is 0.210. The second-order valence-corrected chi connectivity index (χ2v) is 5.30. The predicted octanol–water partition coefficient (Wildman–Crippen LogP) is 5.20. The van der Waals surface area contributed by atoms with Crippen LogP contribution in [0, 0.1) is 17.8 Å². The minimum absolute atomic E-state index is 0.771. The fourth-order valence-electron chi connectivity index (χ4n) is 3.04. The van der Waals surface area contributed by atoms with Crippen molar-refractivity contribution < 1.29 is 0 Å². The molecule has 1 aliphatic carbocycles. The Kier molecular flexibility index (Phi) is 6.05. The van der Waals surface area contributed by atoms with Crippen LogP contribution < -0.4 is 0 Å². The van der Waals surface area contributed by atoms with E-state index in [2.05, 4.69) is 26.5 Å². The molecule has 15 heavy (non-hydrogen) atoms. The number of rotatable bonds is 6. The summed E-state index contributed by atoms with van der Waals surface area (Å²) in [5, 5.41) is 0. The maximum atomic E-state index is 4.03. The summed E-state index contributed by atoms with van der Waals surface area (Å²) in [5.41, 5.74) is 0. The van der Waals surface area contributed by atoms with Gasteiger partial charge in [-0.25, -0.2) is 0 Å². The third kappa shape index (κ3) is 4.01. The predicted molar refractivity (Wildman–Crippen MR) is 69.0 cm³/mol. The van der Waals surface area contributed by atoms with E-state index in [9.17, 15) is 0 Å². The highest BCUT2D eigenvalue weighted by Gasteiger charge is 2.24. The first-order valence-corrected chi connectivity index (χ1v) is 6.92. The van der Waals surface area contributed by atoms with E-state index in [4.69, 9.17) is 0 Å². The van der Waals surface area contributed by atoms with Gasteiger partial charge in [-0.05, 0) is 24.2 Å². The van der Waals surface area contributed by atoms with Gasteiger partial charge in [-0.3, -0.25) is 0 Å². The lowest BCUT2D eigenvalue weighted by Gasteiger charge is -2.32. The summed E-state index contributed by atoms with van der Waals surface area (Å²) in [6.07, 6.45) is 13.6. The van der Waals surface area contributed by atoms with Gasteiger partial charge in [-0.15, -0.1) is 6.58 Å². The smallest absolute Gasteiger partial charge is 0.0208 e. The molecule has 0 spiro atoms. The molecule has 1 aliphatic rings. The van der Waals surface area contributed by atoms with E-state index in [0.717, 1.165) is 17.8 Å². The Bertz CT molecular complexity index is 165. The van der Waals surface area contributed by atoms with Gasteiger partial charge in [0, 0.05) is 0 Å². The van der Waals surface area contributed by atoms with E-state index in [-0.39, 0.29) is 0 Å². The largest absolute Gasteiger partial charge is 0.103 e. The monoisotopic (exact) mass is 208 g/mol. The Morgan fingerprint density at radius 1 is 1.27 bits per heavy atom. The Balaban J connectivity index is 2.39. The van der Waals surface area contributed by atoms with Crippen molar-refractivity contribution in [1.82, 2.24) is 0 Å². The molecular weight excluding hydrogens is 180 g/mol. The average Bonchev–Trinajstić information content (AvgIpc) is 2.31. The van der Waals surface area contributed by atoms with Crippen LogP contribution in [-0.2, 0) is 0 Å². The summed E-state index contributed by atoms with van der Waals surface area (Å²) in [5.74, 6) is 2.63. The van der Waals surface area contributed by atoms with E-state index in [1.807, 2.05) is 0 Å². The van der Waals surface area contributed by atoms with Crippen molar-refractivity contribution in [3.05, 3.63) is 12.7 Å². The van der Waals surface area contributed by atoms with Crippen LogP contribution in [0.5, 0.6) is 0 Å². The summed E-state index contributed by atoms with van der Waals surface area (Å²) >= 11 is 0. The van der Waals surface area contributed by atoms with Crippen molar-refractivity contribution >= 4 is 0 Å². The van der Waals surface area contributed by atoms with Gasteiger partial charge >= 0.3 is 0 Å². The van der Waals surface area contributed by atoms with Gasteiger partial charge in [0.2, 0.25) is 0 Å². The summed E-state index contributed by atoms with van der Waals surface area (Å²) in [4.78, 5) is 0. The van der Waals surface area contributed by atoms with Crippen LogP contribution in [0.2, 0.25) is 0 Å². The normalized spacial score (nSPS) is 22.3. The summed E-state index contributed by atoms with van der Waals surface area (Å²) in [7, 11) is 0. The van der Waals surface area contributed by atoms with Crippen molar-refractivity contribution in [1.29, 1.82) is 0 Å². The Morgan fingerprint density at radius 3 is 2.47 bits per heavy atom. The van der Waals surface area contributed by atoms with Crippen molar-refractivity contribution in [3.63, 3.8) is 0 Å². The van der Waals surface area contributed by atoms with Crippen LogP contribution in [0.3, 0.4) is 0 Å². The second kappa shape index (κ2) is 7.09. The molecule has 1 rings (SSSR count). The maximum absolute atomic E-state index is 4.03. The summed E-state index contributed by atoms with van der Waals surface area (Å²) in [6.45, 7) is 8.77. The van der Waals surface area contributed by atoms with E-state index >= 15 is 0 Å². The maximum Gasteiger partial charge on any atom is -0.0208 e. The first-order chi connectivity index (χ1) is 7.29. The van der Waals surface area contributed by atoms with E-state index in [0.29, 0.717) is 0 Å². The van der Waals surface area contributed by atoms with Crippen LogP contribution in [-0.4, -0.2) is 0 Å². The zero-order valence-electron chi connectivity index (χ0n) is 10.7. The highest BCUT2D eigenvalue weighted by molar-refractivity contribution is 4.86. The van der Waals surface area contributed by atoms with Crippen LogP contribution >= 0.6 is 0 Å². The molecule has 0 radical (unpaired) electrons. The van der Waals surface area contributed by atoms with Crippen LogP contribution in [0.4, 0.5) is 0 Å². The van der Waals surface area contributed by atoms with Gasteiger partial charge in [0.25, 0.3) is 0 Å². The number of hydrogen-bond donors (Lipinski definition) is 0. The molecule has 0 amide bonds. The molecule has 0 heterocycles. The highest BCUT2D eigenvalue weighted by Crippen LogP contribution is 2.35. The first kappa shape index (κ1) is 12.8. The Morgan fingerprint density at radius 2 is 1.93 bits per heavy atom. The molecule has 0 aromatic rings. The van der Waals surface area contributed by atoms with Gasteiger partial charge in [0.05, 0.1) is 0 Å². The van der Waals surface area contributed by atoms with E-state index in [1.165, 1.54) is 51.4 Å². The van der Waals surface area contributed by atoms with Crippen molar-refractivity contribution in [3.8, 4) is 0 Å². The lowest BCUT2D eigenvalue weighted by Crippen LogP contribution is -2.22. The number of unbranched alkanes of at least 4 members (excludes halogenated alkanes) is 1. The van der Waals surface area contributed by atoms with Crippen LogP contribution in [0.15, 0.2) is 12.7 Å². The summed E-state index contributed by atoms with van der Waals surface area (Å²) < 4.78 is 0. The topological polar surface area (TPSA) is 0 Å². The molecule has 0 aliphatic heterocycles. The molecule has 0 saturated heterocycles. The third-order valence-corrected chi connectivity index (χ3v) is 4.26. The van der Waals surface area contributed by atoms with Crippen molar-refractivity contribution in [2.45, 2.75) is 65.2 Å². The fourth-order valence-corrected chi connectivity index (χ4v) is 3.04. The van der Waals surface area contributed by atoms with Crippen LogP contribution in [0.25, 0.3) is 0 Å². The molecule has 0 aromatic heterocycles. The molecule has 0 aromatic carbocycles. The molecule has 0 N–H and O–H groups in total. The zero-order valence-corrected chi connectivity index (χ0v) is 10.7. The first-order valence-electron chi connectivity index (χ1n) is 6.92. The van der Waals surface area contributed by atoms with Gasteiger partial charge < -0.3 is 0 Å². The van der Waals surface area contributed by atoms with Crippen molar-refractivity contribution in [2.75, 3.05) is 0 Å². The van der Waals surface area contributed by atoms with Crippen LogP contribution in [0.1, 0.15) is 65.2 Å². The summed E-state index contributed by atoms with van der Waals surface area (Å²) in [6, 6.07) is 0. The van der Waals surface area contributed by atoms with Gasteiger partial charge in [-0.2, -0.15) is 0 Å². The van der Waals surface area contributed by atoms with Gasteiger partial charge in [0.15, 0.2) is 0 Å². The molecule has 1 saturated carbocycles. The average molecular weight is 208 g/mol. The van der Waals surface area contributed by atoms with Gasteiger partial charge in [0.1, 0.15) is 0 Å². The van der Waals surface area contributed by atoms with E-state index in [1.54, 1.807) is 0 Å². The SMILES string of the molecule is C=C[C@@H](CCCC)[C@@H](C)C1CCCCC1. The highest BCUT2D eigenvalue weighted by atomic mass is 14.3. The number of hydrogen-bond acceptors (Lipinski definition) is 0. The number of allylic oxidation sites excluding steroid dienone is 1. The minimum atomic E-state index is 0.771. The second-order valence-electron chi connectivity index (χ2n) is 5.30. The molecule has 1 fully saturated rings. The standard InChI is InChI=1S/C15H28/c1-4-6-10-14(5-2)13(3)15-11-8-7-9-12-15/h5,13-15H,2,4,6-12H2,1,3H3/t13-,14+/m1/s1. The van der Waals surface area contributed by atoms with Crippen molar-refractivity contribution in [2.24, 2.45) is 17.8 Å². The molecule has 0 unspecified atom stereocenters. The molecule has 2 atom stereocenters. The molecule has 0 bridgehead atoms. The molecular formula is C15H28. The van der Waals surface area contributed by atoms with Gasteiger partial charge in [-0.1, -0.05) is 64.9 Å². The minimum Gasteiger partial charge on any atom is -0.103 e. The molecule has 0 heteroatoms. The Hall–Kier alpha value is -0.260.